The first-order chi connectivity index (χ1) is 11.7. The molecule has 2 aliphatic rings. The third kappa shape index (κ3) is 2.65. The third-order valence-corrected chi connectivity index (χ3v) is 5.66. The van der Waals surface area contributed by atoms with Gasteiger partial charge in [-0.1, -0.05) is 31.2 Å². The quantitative estimate of drug-likeness (QED) is 0.942. The second-order valence-corrected chi connectivity index (χ2v) is 7.09. The summed E-state index contributed by atoms with van der Waals surface area (Å²) < 4.78 is 5.84. The van der Waals surface area contributed by atoms with Crippen molar-refractivity contribution in [1.82, 2.24) is 4.90 Å². The molecule has 1 amide bonds. The van der Waals surface area contributed by atoms with Gasteiger partial charge in [0.2, 0.25) is 0 Å². The van der Waals surface area contributed by atoms with Gasteiger partial charge in [0, 0.05) is 24.7 Å². The molecule has 2 fully saturated rings. The number of carbonyl (C=O) groups is 1. The number of carbonyl (C=O) groups excluding carboxylic acids is 1. The molecule has 2 heterocycles. The van der Waals surface area contributed by atoms with E-state index in [1.807, 2.05) is 23.1 Å². The van der Waals surface area contributed by atoms with Crippen molar-refractivity contribution in [3.05, 3.63) is 47.7 Å². The van der Waals surface area contributed by atoms with E-state index in [1.54, 1.807) is 6.07 Å². The average Bonchev–Trinajstić information content (AvgIpc) is 3.32. The molecule has 2 aromatic rings. The van der Waals surface area contributed by atoms with Crippen molar-refractivity contribution >= 4 is 5.91 Å². The zero-order valence-corrected chi connectivity index (χ0v) is 14.1. The molecule has 24 heavy (non-hydrogen) atoms. The van der Waals surface area contributed by atoms with Gasteiger partial charge in [0.05, 0.1) is 0 Å². The monoisotopic (exact) mass is 324 g/mol. The van der Waals surface area contributed by atoms with Gasteiger partial charge in [-0.25, -0.2) is 0 Å². The zero-order valence-electron chi connectivity index (χ0n) is 14.1. The van der Waals surface area contributed by atoms with E-state index < -0.39 is 0 Å². The maximum absolute atomic E-state index is 12.7. The smallest absolute Gasteiger partial charge is 0.289 e. The lowest BCUT2D eigenvalue weighted by Crippen LogP contribution is -2.33. The van der Waals surface area contributed by atoms with Crippen LogP contribution >= 0.6 is 0 Å². The maximum Gasteiger partial charge on any atom is 0.289 e. The van der Waals surface area contributed by atoms with Gasteiger partial charge in [-0.3, -0.25) is 4.79 Å². The summed E-state index contributed by atoms with van der Waals surface area (Å²) in [5.74, 6) is 2.20. The van der Waals surface area contributed by atoms with Crippen LogP contribution in [0.25, 0.3) is 11.3 Å². The maximum atomic E-state index is 12.7. The molecule has 1 aromatic heterocycles. The van der Waals surface area contributed by atoms with E-state index in [9.17, 15) is 4.79 Å². The first-order valence-electron chi connectivity index (χ1n) is 8.89. The normalized spacial score (nSPS) is 25.9. The highest BCUT2D eigenvalue weighted by Crippen LogP contribution is 2.37. The molecule has 3 atom stereocenters. The van der Waals surface area contributed by atoms with Gasteiger partial charge in [0.1, 0.15) is 5.76 Å². The Balaban J connectivity index is 1.49. The number of furan rings is 1. The summed E-state index contributed by atoms with van der Waals surface area (Å²) in [6.45, 7) is 3.72. The minimum absolute atomic E-state index is 0.00646. The molecule has 0 bridgehead atoms. The van der Waals surface area contributed by atoms with Crippen LogP contribution in [-0.2, 0) is 6.42 Å². The number of aryl methyl sites for hydroxylation is 1. The number of hydrogen-bond acceptors (Lipinski definition) is 3. The van der Waals surface area contributed by atoms with Crippen LogP contribution in [0, 0.1) is 11.8 Å². The fraction of sp³-hybridized carbons (Fsp3) is 0.450. The predicted octanol–water partition coefficient (Wildman–Crippen LogP) is 3.32. The van der Waals surface area contributed by atoms with Crippen LogP contribution in [0.5, 0.6) is 0 Å². The van der Waals surface area contributed by atoms with E-state index in [0.717, 1.165) is 43.7 Å². The number of benzene rings is 1. The van der Waals surface area contributed by atoms with Gasteiger partial charge in [-0.15, -0.1) is 0 Å². The molecular formula is C20H24N2O2. The Hall–Kier alpha value is -2.07. The number of nitrogens with two attached hydrogens (primary N) is 1. The van der Waals surface area contributed by atoms with Gasteiger partial charge in [-0.05, 0) is 48.8 Å². The molecule has 4 heteroatoms. The summed E-state index contributed by atoms with van der Waals surface area (Å²) in [7, 11) is 0. The molecule has 1 aliphatic carbocycles. The average molecular weight is 324 g/mol. The van der Waals surface area contributed by atoms with Crippen LogP contribution in [0.1, 0.15) is 35.9 Å². The Morgan fingerprint density at radius 2 is 1.96 bits per heavy atom. The molecule has 3 unspecified atom stereocenters. The summed E-state index contributed by atoms with van der Waals surface area (Å²) in [5.41, 5.74) is 8.46. The summed E-state index contributed by atoms with van der Waals surface area (Å²) in [6, 6.07) is 12.2. The molecule has 1 aliphatic heterocycles. The molecule has 4 rings (SSSR count). The van der Waals surface area contributed by atoms with Gasteiger partial charge < -0.3 is 15.1 Å². The van der Waals surface area contributed by atoms with E-state index in [4.69, 9.17) is 10.2 Å². The largest absolute Gasteiger partial charge is 0.451 e. The molecule has 126 valence electrons. The zero-order chi connectivity index (χ0) is 16.7. The van der Waals surface area contributed by atoms with Crippen molar-refractivity contribution in [2.45, 2.75) is 32.2 Å². The SMILES string of the molecule is CCc1ccc(-c2ccc(C(=O)N3CC4CCC(N)C4C3)o2)cc1. The van der Waals surface area contributed by atoms with Crippen LogP contribution in [-0.4, -0.2) is 29.9 Å². The van der Waals surface area contributed by atoms with Crippen molar-refractivity contribution in [3.8, 4) is 11.3 Å². The highest BCUT2D eigenvalue weighted by Gasteiger charge is 2.43. The molecule has 0 spiro atoms. The number of rotatable bonds is 3. The number of hydrogen-bond donors (Lipinski definition) is 1. The van der Waals surface area contributed by atoms with E-state index in [-0.39, 0.29) is 11.9 Å². The van der Waals surface area contributed by atoms with Crippen molar-refractivity contribution < 1.29 is 9.21 Å². The molecule has 1 aromatic carbocycles. The van der Waals surface area contributed by atoms with Crippen molar-refractivity contribution in [2.24, 2.45) is 17.6 Å². The lowest BCUT2D eigenvalue weighted by atomic mass is 9.98. The first-order valence-corrected chi connectivity index (χ1v) is 8.89. The number of nitrogens with zero attached hydrogens (tertiary/aromatic N) is 1. The van der Waals surface area contributed by atoms with E-state index >= 15 is 0 Å². The summed E-state index contributed by atoms with van der Waals surface area (Å²) in [5, 5.41) is 0. The lowest BCUT2D eigenvalue weighted by molar-refractivity contribution is 0.0749. The standard InChI is InChI=1S/C20H24N2O2/c1-2-13-3-5-14(6-4-13)18-9-10-19(24-18)20(23)22-11-15-7-8-17(21)16(15)12-22/h3-6,9-10,15-17H,2,7-8,11-12,21H2,1H3. The predicted molar refractivity (Wildman–Crippen MR) is 93.6 cm³/mol. The van der Waals surface area contributed by atoms with E-state index in [0.29, 0.717) is 17.6 Å². The highest BCUT2D eigenvalue weighted by atomic mass is 16.4. The Bertz CT molecular complexity index is 734. The van der Waals surface area contributed by atoms with Crippen LogP contribution in [0.15, 0.2) is 40.8 Å². The number of amides is 1. The summed E-state index contributed by atoms with van der Waals surface area (Å²) in [4.78, 5) is 14.6. The number of likely N-dealkylation sites (tertiary alicyclic amines) is 1. The topological polar surface area (TPSA) is 59.5 Å². The molecular weight excluding hydrogens is 300 g/mol. The first kappa shape index (κ1) is 15.5. The molecule has 0 radical (unpaired) electrons. The van der Waals surface area contributed by atoms with E-state index in [2.05, 4.69) is 19.1 Å². The number of fused-ring (bicyclic) bond motifs is 1. The third-order valence-electron chi connectivity index (χ3n) is 5.66. The van der Waals surface area contributed by atoms with Gasteiger partial charge in [-0.2, -0.15) is 0 Å². The Morgan fingerprint density at radius 1 is 1.17 bits per heavy atom. The van der Waals surface area contributed by atoms with Crippen LogP contribution in [0.2, 0.25) is 0 Å². The van der Waals surface area contributed by atoms with Gasteiger partial charge in [0.25, 0.3) is 5.91 Å². The van der Waals surface area contributed by atoms with Crippen molar-refractivity contribution in [2.75, 3.05) is 13.1 Å². The molecule has 1 saturated heterocycles. The minimum atomic E-state index is -0.00646. The van der Waals surface area contributed by atoms with Crippen molar-refractivity contribution in [1.29, 1.82) is 0 Å². The van der Waals surface area contributed by atoms with Crippen LogP contribution < -0.4 is 5.73 Å². The Labute approximate surface area is 142 Å². The van der Waals surface area contributed by atoms with Crippen LogP contribution in [0.4, 0.5) is 0 Å². The fourth-order valence-corrected chi connectivity index (χ4v) is 4.14. The van der Waals surface area contributed by atoms with Gasteiger partial charge >= 0.3 is 0 Å². The Morgan fingerprint density at radius 3 is 2.67 bits per heavy atom. The second-order valence-electron chi connectivity index (χ2n) is 7.09. The Kier molecular flexibility index (Phi) is 3.93. The summed E-state index contributed by atoms with van der Waals surface area (Å²) in [6.07, 6.45) is 3.25. The lowest BCUT2D eigenvalue weighted by Gasteiger charge is -2.17. The second kappa shape index (κ2) is 6.10. The summed E-state index contributed by atoms with van der Waals surface area (Å²) >= 11 is 0. The van der Waals surface area contributed by atoms with E-state index in [1.165, 1.54) is 5.56 Å². The van der Waals surface area contributed by atoms with Crippen molar-refractivity contribution in [3.63, 3.8) is 0 Å². The molecule has 2 N–H and O–H groups in total. The minimum Gasteiger partial charge on any atom is -0.451 e. The van der Waals surface area contributed by atoms with Gasteiger partial charge in [0.15, 0.2) is 5.76 Å². The highest BCUT2D eigenvalue weighted by molar-refractivity contribution is 5.92. The molecule has 1 saturated carbocycles. The molecule has 4 nitrogen and oxygen atoms in total. The fourth-order valence-electron chi connectivity index (χ4n) is 4.14. The van der Waals surface area contributed by atoms with Crippen LogP contribution in [0.3, 0.4) is 0 Å².